The Morgan fingerprint density at radius 1 is 1.50 bits per heavy atom. The maximum Gasteiger partial charge on any atom is 0.307 e. The first-order chi connectivity index (χ1) is 6.79. The Morgan fingerprint density at radius 2 is 2.29 bits per heavy atom. The summed E-state index contributed by atoms with van der Waals surface area (Å²) in [6.45, 7) is 0. The maximum atomic E-state index is 11.0. The molecule has 2 N–H and O–H groups in total. The van der Waals surface area contributed by atoms with Gasteiger partial charge in [-0.25, -0.2) is 4.98 Å². The minimum absolute atomic E-state index is 0.0694. The summed E-state index contributed by atoms with van der Waals surface area (Å²) in [6, 6.07) is 0. The number of nitrogens with zero attached hydrogens (tertiary/aromatic N) is 2. The van der Waals surface area contributed by atoms with Gasteiger partial charge in [0.05, 0.1) is 5.92 Å². The number of rotatable bonds is 2. The standard InChI is InChI=1S/C9H11N3O2/c13-9(14)7-4-2-1-3-6(7)8-10-5-11-12-8/h1-2,5-7H,3-4H2,(H,13,14)(H,10,11,12)/t6-,7+/m1/s1. The summed E-state index contributed by atoms with van der Waals surface area (Å²) >= 11 is 0. The highest BCUT2D eigenvalue weighted by molar-refractivity contribution is 5.71. The molecule has 1 aromatic rings. The van der Waals surface area contributed by atoms with Gasteiger partial charge in [-0.3, -0.25) is 9.89 Å². The van der Waals surface area contributed by atoms with Crippen molar-refractivity contribution >= 4 is 5.97 Å². The molecule has 1 aliphatic rings. The van der Waals surface area contributed by atoms with Crippen LogP contribution in [0.1, 0.15) is 24.6 Å². The van der Waals surface area contributed by atoms with E-state index in [1.165, 1.54) is 6.33 Å². The highest BCUT2D eigenvalue weighted by Gasteiger charge is 2.31. The van der Waals surface area contributed by atoms with Crippen molar-refractivity contribution in [2.75, 3.05) is 0 Å². The number of aromatic amines is 1. The molecular formula is C9H11N3O2. The predicted octanol–water partition coefficient (Wildman–Crippen LogP) is 0.939. The number of carboxylic acids is 1. The van der Waals surface area contributed by atoms with Crippen LogP contribution in [0.4, 0.5) is 0 Å². The summed E-state index contributed by atoms with van der Waals surface area (Å²) in [7, 11) is 0. The van der Waals surface area contributed by atoms with E-state index < -0.39 is 5.97 Å². The number of nitrogens with one attached hydrogen (secondary N) is 1. The van der Waals surface area contributed by atoms with Crippen LogP contribution in [0.2, 0.25) is 0 Å². The number of allylic oxidation sites excluding steroid dienone is 2. The molecule has 0 aromatic carbocycles. The molecule has 74 valence electrons. The van der Waals surface area contributed by atoms with E-state index in [0.29, 0.717) is 18.7 Å². The molecule has 0 saturated carbocycles. The SMILES string of the molecule is O=C(O)[C@H]1CC=CC[C@H]1c1ncn[nH]1. The van der Waals surface area contributed by atoms with Crippen molar-refractivity contribution in [3.63, 3.8) is 0 Å². The van der Waals surface area contributed by atoms with Gasteiger partial charge in [-0.05, 0) is 12.8 Å². The van der Waals surface area contributed by atoms with E-state index in [1.807, 2.05) is 12.2 Å². The lowest BCUT2D eigenvalue weighted by Gasteiger charge is -2.22. The molecule has 2 atom stereocenters. The van der Waals surface area contributed by atoms with Crippen LogP contribution in [-0.2, 0) is 4.79 Å². The molecule has 0 radical (unpaired) electrons. The number of carboxylic acid groups (broad SMARTS) is 1. The predicted molar refractivity (Wildman–Crippen MR) is 48.6 cm³/mol. The zero-order valence-corrected chi connectivity index (χ0v) is 7.55. The fraction of sp³-hybridized carbons (Fsp3) is 0.444. The molecule has 5 heteroatoms. The number of H-pyrrole nitrogens is 1. The van der Waals surface area contributed by atoms with E-state index in [0.717, 1.165) is 0 Å². The summed E-state index contributed by atoms with van der Waals surface area (Å²) in [5.74, 6) is -0.551. The molecule has 5 nitrogen and oxygen atoms in total. The van der Waals surface area contributed by atoms with Crippen LogP contribution >= 0.6 is 0 Å². The minimum Gasteiger partial charge on any atom is -0.481 e. The Bertz CT molecular complexity index is 345. The maximum absolute atomic E-state index is 11.0. The van der Waals surface area contributed by atoms with Crippen LogP contribution < -0.4 is 0 Å². The summed E-state index contributed by atoms with van der Waals surface area (Å²) in [5, 5.41) is 15.5. The van der Waals surface area contributed by atoms with Gasteiger partial charge in [0.25, 0.3) is 0 Å². The summed E-state index contributed by atoms with van der Waals surface area (Å²) in [5.41, 5.74) is 0. The number of hydrogen-bond acceptors (Lipinski definition) is 3. The Labute approximate surface area is 80.9 Å². The molecule has 0 amide bonds. The molecule has 1 aromatic heterocycles. The molecular weight excluding hydrogens is 182 g/mol. The lowest BCUT2D eigenvalue weighted by molar-refractivity contribution is -0.142. The number of hydrogen-bond donors (Lipinski definition) is 2. The van der Waals surface area contributed by atoms with E-state index in [9.17, 15) is 4.79 Å². The van der Waals surface area contributed by atoms with Gasteiger partial charge in [-0.15, -0.1) is 0 Å². The highest BCUT2D eigenvalue weighted by atomic mass is 16.4. The first kappa shape index (κ1) is 8.93. The molecule has 0 spiro atoms. The van der Waals surface area contributed by atoms with Gasteiger partial charge in [0.1, 0.15) is 12.2 Å². The molecule has 2 rings (SSSR count). The van der Waals surface area contributed by atoms with Crippen LogP contribution in [0, 0.1) is 5.92 Å². The molecule has 1 aliphatic carbocycles. The van der Waals surface area contributed by atoms with Gasteiger partial charge >= 0.3 is 5.97 Å². The molecule has 0 saturated heterocycles. The van der Waals surface area contributed by atoms with Gasteiger partial charge in [0.2, 0.25) is 0 Å². The largest absolute Gasteiger partial charge is 0.481 e. The Hall–Kier alpha value is -1.65. The van der Waals surface area contributed by atoms with E-state index >= 15 is 0 Å². The highest BCUT2D eigenvalue weighted by Crippen LogP contribution is 2.32. The number of carbonyl (C=O) groups is 1. The summed E-state index contributed by atoms with van der Waals surface area (Å²) < 4.78 is 0. The normalized spacial score (nSPS) is 26.3. The van der Waals surface area contributed by atoms with Crippen molar-refractivity contribution in [2.45, 2.75) is 18.8 Å². The zero-order chi connectivity index (χ0) is 9.97. The van der Waals surface area contributed by atoms with Crippen LogP contribution in [0.5, 0.6) is 0 Å². The summed E-state index contributed by atoms with van der Waals surface area (Å²) in [4.78, 5) is 15.0. The average molecular weight is 193 g/mol. The topological polar surface area (TPSA) is 78.9 Å². The first-order valence-electron chi connectivity index (χ1n) is 4.52. The van der Waals surface area contributed by atoms with Crippen LogP contribution in [0.25, 0.3) is 0 Å². The third-order valence-electron chi connectivity index (χ3n) is 2.53. The third-order valence-corrected chi connectivity index (χ3v) is 2.53. The van der Waals surface area contributed by atoms with E-state index in [2.05, 4.69) is 15.2 Å². The van der Waals surface area contributed by atoms with Crippen molar-refractivity contribution < 1.29 is 9.90 Å². The molecule has 0 bridgehead atoms. The lowest BCUT2D eigenvalue weighted by Crippen LogP contribution is -2.24. The Balaban J connectivity index is 2.24. The molecule has 14 heavy (non-hydrogen) atoms. The van der Waals surface area contributed by atoms with E-state index in [4.69, 9.17) is 5.11 Å². The van der Waals surface area contributed by atoms with Gasteiger partial charge < -0.3 is 5.11 Å². The molecule has 0 aliphatic heterocycles. The van der Waals surface area contributed by atoms with Crippen LogP contribution in [0.3, 0.4) is 0 Å². The van der Waals surface area contributed by atoms with Crippen LogP contribution in [-0.4, -0.2) is 26.3 Å². The van der Waals surface area contributed by atoms with E-state index in [1.54, 1.807) is 0 Å². The Kier molecular flexibility index (Phi) is 2.30. The summed E-state index contributed by atoms with van der Waals surface area (Å²) in [6.07, 6.45) is 6.59. The van der Waals surface area contributed by atoms with Crippen molar-refractivity contribution in [1.82, 2.24) is 15.2 Å². The smallest absolute Gasteiger partial charge is 0.307 e. The van der Waals surface area contributed by atoms with Crippen molar-refractivity contribution in [1.29, 1.82) is 0 Å². The average Bonchev–Trinajstić information content (AvgIpc) is 2.70. The molecule has 0 unspecified atom stereocenters. The van der Waals surface area contributed by atoms with Crippen molar-refractivity contribution in [2.24, 2.45) is 5.92 Å². The fourth-order valence-corrected chi connectivity index (χ4v) is 1.78. The van der Waals surface area contributed by atoms with Crippen molar-refractivity contribution in [3.8, 4) is 0 Å². The van der Waals surface area contributed by atoms with Gasteiger partial charge in [0.15, 0.2) is 0 Å². The fourth-order valence-electron chi connectivity index (χ4n) is 1.78. The lowest BCUT2D eigenvalue weighted by atomic mass is 9.82. The second-order valence-electron chi connectivity index (χ2n) is 3.36. The van der Waals surface area contributed by atoms with Gasteiger partial charge in [-0.2, -0.15) is 5.10 Å². The zero-order valence-electron chi connectivity index (χ0n) is 7.55. The van der Waals surface area contributed by atoms with Crippen molar-refractivity contribution in [3.05, 3.63) is 24.3 Å². The second-order valence-corrected chi connectivity index (χ2v) is 3.36. The third kappa shape index (κ3) is 1.53. The van der Waals surface area contributed by atoms with Crippen LogP contribution in [0.15, 0.2) is 18.5 Å². The monoisotopic (exact) mass is 193 g/mol. The number of aromatic nitrogens is 3. The quantitative estimate of drug-likeness (QED) is 0.685. The number of aliphatic carboxylic acids is 1. The van der Waals surface area contributed by atoms with Gasteiger partial charge in [0, 0.05) is 5.92 Å². The first-order valence-corrected chi connectivity index (χ1v) is 4.52. The van der Waals surface area contributed by atoms with E-state index in [-0.39, 0.29) is 11.8 Å². The molecule has 0 fully saturated rings. The molecule has 1 heterocycles. The minimum atomic E-state index is -0.768. The van der Waals surface area contributed by atoms with Gasteiger partial charge in [-0.1, -0.05) is 12.2 Å². The second kappa shape index (κ2) is 3.61. The Morgan fingerprint density at radius 3 is 2.93 bits per heavy atom.